The summed E-state index contributed by atoms with van der Waals surface area (Å²) in [7, 11) is 0. The molecule has 0 radical (unpaired) electrons. The fourth-order valence-electron chi connectivity index (χ4n) is 2.05. The van der Waals surface area contributed by atoms with E-state index < -0.39 is 0 Å². The molecule has 3 rings (SSSR count). The highest BCUT2D eigenvalue weighted by Gasteiger charge is 2.08. The average Bonchev–Trinajstić information content (AvgIpc) is 2.54. The van der Waals surface area contributed by atoms with Crippen molar-refractivity contribution in [3.05, 3.63) is 71.8 Å². The first-order valence-corrected chi connectivity index (χ1v) is 6.43. The summed E-state index contributed by atoms with van der Waals surface area (Å²) < 4.78 is 0. The number of benzene rings is 2. The maximum absolute atomic E-state index is 12.2. The Bertz CT molecular complexity index is 865. The second-order valence-electron chi connectivity index (χ2n) is 4.54. The minimum absolute atomic E-state index is 0.283. The molecular formula is C17H11N3O. The van der Waals surface area contributed by atoms with Gasteiger partial charge >= 0.3 is 0 Å². The SMILES string of the molecule is N#Cc1cccc(C(=O)Nc2ccc3ccccc3n2)c1. The van der Waals surface area contributed by atoms with Crippen molar-refractivity contribution in [2.75, 3.05) is 5.32 Å². The van der Waals surface area contributed by atoms with Crippen LogP contribution in [0, 0.1) is 11.3 Å². The molecule has 0 spiro atoms. The molecule has 0 aliphatic carbocycles. The van der Waals surface area contributed by atoms with Gasteiger partial charge in [-0.15, -0.1) is 0 Å². The third-order valence-electron chi connectivity index (χ3n) is 3.09. The fourth-order valence-corrected chi connectivity index (χ4v) is 2.05. The predicted molar refractivity (Wildman–Crippen MR) is 80.9 cm³/mol. The van der Waals surface area contributed by atoms with Gasteiger partial charge in [0.2, 0.25) is 0 Å². The number of carbonyl (C=O) groups excluding carboxylic acids is 1. The number of hydrogen-bond acceptors (Lipinski definition) is 3. The number of anilines is 1. The molecule has 100 valence electrons. The second kappa shape index (κ2) is 5.43. The molecule has 3 aromatic rings. The average molecular weight is 273 g/mol. The Morgan fingerprint density at radius 2 is 1.90 bits per heavy atom. The van der Waals surface area contributed by atoms with Crippen molar-refractivity contribution in [3.63, 3.8) is 0 Å². The number of aromatic nitrogens is 1. The van der Waals surface area contributed by atoms with Crippen LogP contribution >= 0.6 is 0 Å². The first kappa shape index (κ1) is 12.8. The van der Waals surface area contributed by atoms with E-state index in [-0.39, 0.29) is 5.91 Å². The van der Waals surface area contributed by atoms with E-state index in [1.165, 1.54) is 0 Å². The number of hydrogen-bond donors (Lipinski definition) is 1. The van der Waals surface area contributed by atoms with Gasteiger partial charge in [-0.1, -0.05) is 24.3 Å². The first-order chi connectivity index (χ1) is 10.3. The number of para-hydroxylation sites is 1. The highest BCUT2D eigenvalue weighted by molar-refractivity contribution is 6.04. The standard InChI is InChI=1S/C17H11N3O/c18-11-12-4-3-6-14(10-12)17(21)20-16-9-8-13-5-1-2-7-15(13)19-16/h1-10H,(H,19,20,21). The van der Waals surface area contributed by atoms with Crippen LogP contribution in [0.3, 0.4) is 0 Å². The summed E-state index contributed by atoms with van der Waals surface area (Å²) in [6.45, 7) is 0. The third kappa shape index (κ3) is 2.72. The maximum atomic E-state index is 12.2. The zero-order valence-electron chi connectivity index (χ0n) is 11.1. The smallest absolute Gasteiger partial charge is 0.256 e. The molecule has 0 bridgehead atoms. The lowest BCUT2D eigenvalue weighted by Gasteiger charge is -2.06. The highest BCUT2D eigenvalue weighted by atomic mass is 16.1. The van der Waals surface area contributed by atoms with Gasteiger partial charge in [0.15, 0.2) is 0 Å². The lowest BCUT2D eigenvalue weighted by atomic mass is 10.1. The molecule has 2 aromatic carbocycles. The minimum Gasteiger partial charge on any atom is -0.307 e. The van der Waals surface area contributed by atoms with Crippen LogP contribution in [0.5, 0.6) is 0 Å². The number of nitrogens with zero attached hydrogens (tertiary/aromatic N) is 2. The summed E-state index contributed by atoms with van der Waals surface area (Å²) in [4.78, 5) is 16.5. The molecule has 1 aromatic heterocycles. The molecule has 1 heterocycles. The minimum atomic E-state index is -0.283. The molecule has 0 atom stereocenters. The van der Waals surface area contributed by atoms with Crippen LogP contribution in [0.1, 0.15) is 15.9 Å². The molecule has 0 unspecified atom stereocenters. The van der Waals surface area contributed by atoms with Crippen LogP contribution in [-0.4, -0.2) is 10.9 Å². The monoisotopic (exact) mass is 273 g/mol. The number of carbonyl (C=O) groups is 1. The van der Waals surface area contributed by atoms with Crippen LogP contribution in [0.25, 0.3) is 10.9 Å². The summed E-state index contributed by atoms with van der Waals surface area (Å²) in [5.74, 6) is 0.205. The fraction of sp³-hybridized carbons (Fsp3) is 0. The van der Waals surface area contributed by atoms with Crippen LogP contribution in [0.15, 0.2) is 60.7 Å². The molecule has 4 nitrogen and oxygen atoms in total. The largest absolute Gasteiger partial charge is 0.307 e. The molecule has 4 heteroatoms. The third-order valence-corrected chi connectivity index (χ3v) is 3.09. The van der Waals surface area contributed by atoms with E-state index in [0.717, 1.165) is 10.9 Å². The molecule has 0 aliphatic heterocycles. The Labute approximate surface area is 121 Å². The van der Waals surface area contributed by atoms with Gasteiger partial charge in [0.05, 0.1) is 17.1 Å². The quantitative estimate of drug-likeness (QED) is 0.778. The van der Waals surface area contributed by atoms with E-state index in [9.17, 15) is 4.79 Å². The van der Waals surface area contributed by atoms with Crippen LogP contribution in [0.4, 0.5) is 5.82 Å². The molecule has 1 N–H and O–H groups in total. The molecule has 0 fully saturated rings. The summed E-state index contributed by atoms with van der Waals surface area (Å²) in [6, 6.07) is 19.9. The summed E-state index contributed by atoms with van der Waals surface area (Å²) in [6.07, 6.45) is 0. The second-order valence-corrected chi connectivity index (χ2v) is 4.54. The van der Waals surface area contributed by atoms with Crippen molar-refractivity contribution < 1.29 is 4.79 Å². The molecule has 0 saturated carbocycles. The number of nitriles is 1. The molecule has 0 aliphatic rings. The maximum Gasteiger partial charge on any atom is 0.256 e. The number of fused-ring (bicyclic) bond motifs is 1. The van der Waals surface area contributed by atoms with Gasteiger partial charge < -0.3 is 5.32 Å². The molecular weight excluding hydrogens is 262 g/mol. The first-order valence-electron chi connectivity index (χ1n) is 6.43. The normalized spacial score (nSPS) is 10.0. The van der Waals surface area contributed by atoms with Crippen molar-refractivity contribution in [2.45, 2.75) is 0 Å². The van der Waals surface area contributed by atoms with Gasteiger partial charge in [-0.25, -0.2) is 4.98 Å². The Kier molecular flexibility index (Phi) is 3.32. The lowest BCUT2D eigenvalue weighted by molar-refractivity contribution is 0.102. The van der Waals surface area contributed by atoms with Crippen LogP contribution in [-0.2, 0) is 0 Å². The van der Waals surface area contributed by atoms with Crippen molar-refractivity contribution in [1.82, 2.24) is 4.98 Å². The van der Waals surface area contributed by atoms with E-state index >= 15 is 0 Å². The zero-order chi connectivity index (χ0) is 14.7. The predicted octanol–water partition coefficient (Wildman–Crippen LogP) is 3.36. The summed E-state index contributed by atoms with van der Waals surface area (Å²) in [5, 5.41) is 12.6. The van der Waals surface area contributed by atoms with Gasteiger partial charge in [-0.05, 0) is 36.4 Å². The lowest BCUT2D eigenvalue weighted by Crippen LogP contribution is -2.13. The highest BCUT2D eigenvalue weighted by Crippen LogP contribution is 2.15. The van der Waals surface area contributed by atoms with Crippen molar-refractivity contribution in [2.24, 2.45) is 0 Å². The Morgan fingerprint density at radius 3 is 2.76 bits per heavy atom. The summed E-state index contributed by atoms with van der Waals surface area (Å²) >= 11 is 0. The number of nitrogens with one attached hydrogen (secondary N) is 1. The van der Waals surface area contributed by atoms with E-state index in [2.05, 4.69) is 10.3 Å². The van der Waals surface area contributed by atoms with E-state index in [1.807, 2.05) is 36.4 Å². The van der Waals surface area contributed by atoms with Gasteiger partial charge in [-0.2, -0.15) is 5.26 Å². The van der Waals surface area contributed by atoms with Crippen LogP contribution < -0.4 is 5.32 Å². The van der Waals surface area contributed by atoms with Gasteiger partial charge in [0.25, 0.3) is 5.91 Å². The molecule has 0 saturated heterocycles. The summed E-state index contributed by atoms with van der Waals surface area (Å²) in [5.41, 5.74) is 1.71. The van der Waals surface area contributed by atoms with Crippen molar-refractivity contribution in [3.8, 4) is 6.07 Å². The Balaban J connectivity index is 1.87. The van der Waals surface area contributed by atoms with E-state index in [0.29, 0.717) is 16.9 Å². The Morgan fingerprint density at radius 1 is 1.05 bits per heavy atom. The van der Waals surface area contributed by atoms with Gasteiger partial charge in [0.1, 0.15) is 5.82 Å². The molecule has 1 amide bonds. The van der Waals surface area contributed by atoms with Crippen molar-refractivity contribution in [1.29, 1.82) is 5.26 Å². The van der Waals surface area contributed by atoms with Gasteiger partial charge in [0, 0.05) is 10.9 Å². The number of rotatable bonds is 2. The Hall–Kier alpha value is -3.19. The van der Waals surface area contributed by atoms with Crippen LogP contribution in [0.2, 0.25) is 0 Å². The van der Waals surface area contributed by atoms with Crippen molar-refractivity contribution >= 4 is 22.6 Å². The number of pyridine rings is 1. The molecule has 21 heavy (non-hydrogen) atoms. The van der Waals surface area contributed by atoms with E-state index in [1.54, 1.807) is 30.3 Å². The topological polar surface area (TPSA) is 65.8 Å². The number of amides is 1. The van der Waals surface area contributed by atoms with E-state index in [4.69, 9.17) is 5.26 Å². The van der Waals surface area contributed by atoms with Gasteiger partial charge in [-0.3, -0.25) is 4.79 Å². The zero-order valence-corrected chi connectivity index (χ0v) is 11.1.